The van der Waals surface area contributed by atoms with Gasteiger partial charge < -0.3 is 15.2 Å². The zero-order chi connectivity index (χ0) is 13.5. The molecule has 100 valence electrons. The van der Waals surface area contributed by atoms with Crippen LogP contribution in [-0.2, 0) is 11.3 Å². The summed E-state index contributed by atoms with van der Waals surface area (Å²) in [6, 6.07) is 0. The second-order valence-corrected chi connectivity index (χ2v) is 4.54. The van der Waals surface area contributed by atoms with Gasteiger partial charge in [-0.1, -0.05) is 13.8 Å². The summed E-state index contributed by atoms with van der Waals surface area (Å²) in [7, 11) is 0. The van der Waals surface area contributed by atoms with Crippen LogP contribution in [0.25, 0.3) is 0 Å². The molecule has 0 atom stereocenters. The molecule has 0 bridgehead atoms. The van der Waals surface area contributed by atoms with Crippen molar-refractivity contribution in [1.29, 1.82) is 0 Å². The van der Waals surface area contributed by atoms with Crippen molar-refractivity contribution in [3.63, 3.8) is 0 Å². The Balaban J connectivity index is 2.61. The van der Waals surface area contributed by atoms with Gasteiger partial charge in [0, 0.05) is 39.0 Å². The van der Waals surface area contributed by atoms with Crippen molar-refractivity contribution < 1.29 is 4.79 Å². The molecule has 0 radical (unpaired) electrons. The Kier molecular flexibility index (Phi) is 5.35. The minimum Gasteiger partial charge on any atom is -0.364 e. The normalized spacial score (nSPS) is 10.4. The van der Waals surface area contributed by atoms with Gasteiger partial charge in [0.25, 0.3) is 5.56 Å². The first-order valence-electron chi connectivity index (χ1n) is 6.04. The van der Waals surface area contributed by atoms with E-state index in [1.807, 2.05) is 0 Å². The molecule has 1 aromatic heterocycles. The van der Waals surface area contributed by atoms with Crippen LogP contribution in [0.5, 0.6) is 0 Å². The van der Waals surface area contributed by atoms with Gasteiger partial charge in [-0.05, 0) is 5.92 Å². The summed E-state index contributed by atoms with van der Waals surface area (Å²) in [4.78, 5) is 26.7. The van der Waals surface area contributed by atoms with Gasteiger partial charge >= 0.3 is 0 Å². The molecule has 0 aliphatic heterocycles. The topological polar surface area (TPSA) is 76.0 Å². The highest BCUT2D eigenvalue weighted by Crippen LogP contribution is 1.98. The molecule has 0 saturated carbocycles. The van der Waals surface area contributed by atoms with Crippen LogP contribution in [0.4, 0.5) is 5.82 Å². The number of aromatic nitrogens is 2. The zero-order valence-corrected chi connectivity index (χ0v) is 11.1. The summed E-state index contributed by atoms with van der Waals surface area (Å²) >= 11 is 0. The molecule has 6 nitrogen and oxygen atoms in total. The average Bonchev–Trinajstić information content (AvgIpc) is 2.28. The lowest BCUT2D eigenvalue weighted by Gasteiger charge is -2.10. The van der Waals surface area contributed by atoms with Crippen molar-refractivity contribution in [2.75, 3.05) is 18.4 Å². The SMILES string of the molecule is CC(=O)NCCNc1nccn(CC(C)C)c1=O. The van der Waals surface area contributed by atoms with E-state index < -0.39 is 0 Å². The third-order valence-corrected chi connectivity index (χ3v) is 2.27. The Bertz CT molecular complexity index is 454. The van der Waals surface area contributed by atoms with E-state index in [0.29, 0.717) is 31.4 Å². The number of nitrogens with zero attached hydrogens (tertiary/aromatic N) is 2. The fraction of sp³-hybridized carbons (Fsp3) is 0.583. The van der Waals surface area contributed by atoms with E-state index in [9.17, 15) is 9.59 Å². The first kappa shape index (κ1) is 14.2. The van der Waals surface area contributed by atoms with Crippen molar-refractivity contribution in [2.24, 2.45) is 5.92 Å². The molecule has 1 rings (SSSR count). The van der Waals surface area contributed by atoms with E-state index in [2.05, 4.69) is 29.5 Å². The third kappa shape index (κ3) is 4.57. The van der Waals surface area contributed by atoms with Crippen LogP contribution >= 0.6 is 0 Å². The number of carbonyl (C=O) groups is 1. The highest BCUT2D eigenvalue weighted by atomic mass is 16.1. The molecule has 1 aromatic rings. The van der Waals surface area contributed by atoms with Gasteiger partial charge in [0.05, 0.1) is 0 Å². The van der Waals surface area contributed by atoms with Crippen LogP contribution in [-0.4, -0.2) is 28.5 Å². The van der Waals surface area contributed by atoms with Crippen LogP contribution < -0.4 is 16.2 Å². The molecule has 1 heterocycles. The fourth-order valence-corrected chi connectivity index (χ4v) is 1.53. The summed E-state index contributed by atoms with van der Waals surface area (Å²) in [6.45, 7) is 7.18. The number of carbonyl (C=O) groups excluding carboxylic acids is 1. The maximum absolute atomic E-state index is 12.0. The standard InChI is InChI=1S/C12H20N4O2/c1-9(2)8-16-7-6-15-11(12(16)18)14-5-4-13-10(3)17/h6-7,9H,4-5,8H2,1-3H3,(H,13,17)(H,14,15). The summed E-state index contributed by atoms with van der Waals surface area (Å²) in [6.07, 6.45) is 3.28. The fourth-order valence-electron chi connectivity index (χ4n) is 1.53. The number of hydrogen-bond donors (Lipinski definition) is 2. The lowest BCUT2D eigenvalue weighted by Crippen LogP contribution is -2.30. The van der Waals surface area contributed by atoms with Gasteiger partial charge in [0.2, 0.25) is 5.91 Å². The predicted octanol–water partition coefficient (Wildman–Crippen LogP) is 0.447. The Hall–Kier alpha value is -1.85. The maximum Gasteiger partial charge on any atom is 0.293 e. The lowest BCUT2D eigenvalue weighted by molar-refractivity contribution is -0.118. The van der Waals surface area contributed by atoms with Gasteiger partial charge in [0.15, 0.2) is 5.82 Å². The molecule has 1 amide bonds. The summed E-state index contributed by atoms with van der Waals surface area (Å²) in [5.41, 5.74) is -0.131. The minimum absolute atomic E-state index is 0.0879. The van der Waals surface area contributed by atoms with Gasteiger partial charge in [0.1, 0.15) is 0 Å². The highest BCUT2D eigenvalue weighted by Gasteiger charge is 2.05. The van der Waals surface area contributed by atoms with E-state index in [-0.39, 0.29) is 11.5 Å². The molecule has 0 fully saturated rings. The van der Waals surface area contributed by atoms with Crippen LogP contribution in [0.1, 0.15) is 20.8 Å². The first-order chi connectivity index (χ1) is 8.50. The molecule has 0 spiro atoms. The van der Waals surface area contributed by atoms with Crippen LogP contribution in [0.15, 0.2) is 17.2 Å². The molecule has 0 unspecified atom stereocenters. The smallest absolute Gasteiger partial charge is 0.293 e. The Morgan fingerprint density at radius 3 is 2.78 bits per heavy atom. The number of amides is 1. The quantitative estimate of drug-likeness (QED) is 0.721. The summed E-state index contributed by atoms with van der Waals surface area (Å²) in [5.74, 6) is 0.635. The number of anilines is 1. The molecule has 0 saturated heterocycles. The molecular formula is C12H20N4O2. The van der Waals surface area contributed by atoms with E-state index in [1.54, 1.807) is 17.0 Å². The van der Waals surface area contributed by atoms with Crippen LogP contribution in [0.2, 0.25) is 0 Å². The van der Waals surface area contributed by atoms with Gasteiger partial charge in [-0.15, -0.1) is 0 Å². The second kappa shape index (κ2) is 6.78. The molecule has 2 N–H and O–H groups in total. The Morgan fingerprint density at radius 1 is 1.44 bits per heavy atom. The van der Waals surface area contributed by atoms with Crippen molar-refractivity contribution >= 4 is 11.7 Å². The third-order valence-electron chi connectivity index (χ3n) is 2.27. The van der Waals surface area contributed by atoms with Gasteiger partial charge in [-0.2, -0.15) is 0 Å². The Labute approximate surface area is 106 Å². The molecule has 0 aliphatic carbocycles. The lowest BCUT2D eigenvalue weighted by atomic mass is 10.2. The number of nitrogens with one attached hydrogen (secondary N) is 2. The van der Waals surface area contributed by atoms with Crippen LogP contribution in [0.3, 0.4) is 0 Å². The molecule has 18 heavy (non-hydrogen) atoms. The number of hydrogen-bond acceptors (Lipinski definition) is 4. The summed E-state index contributed by atoms with van der Waals surface area (Å²) in [5, 5.41) is 5.57. The van der Waals surface area contributed by atoms with Gasteiger partial charge in [-0.25, -0.2) is 4.98 Å². The van der Waals surface area contributed by atoms with E-state index >= 15 is 0 Å². The zero-order valence-electron chi connectivity index (χ0n) is 11.1. The van der Waals surface area contributed by atoms with E-state index in [0.717, 1.165) is 0 Å². The molecule has 6 heteroatoms. The number of rotatable bonds is 6. The molecule has 0 aliphatic rings. The van der Waals surface area contributed by atoms with Crippen LogP contribution in [0, 0.1) is 5.92 Å². The van der Waals surface area contributed by atoms with Crippen molar-refractivity contribution in [1.82, 2.24) is 14.9 Å². The predicted molar refractivity (Wildman–Crippen MR) is 70.5 cm³/mol. The van der Waals surface area contributed by atoms with E-state index in [4.69, 9.17) is 0 Å². The van der Waals surface area contributed by atoms with Gasteiger partial charge in [-0.3, -0.25) is 9.59 Å². The highest BCUT2D eigenvalue weighted by molar-refractivity contribution is 5.72. The minimum atomic E-state index is -0.131. The van der Waals surface area contributed by atoms with Crippen molar-refractivity contribution in [3.8, 4) is 0 Å². The molecule has 0 aromatic carbocycles. The Morgan fingerprint density at radius 2 is 2.17 bits per heavy atom. The second-order valence-electron chi connectivity index (χ2n) is 4.54. The average molecular weight is 252 g/mol. The van der Waals surface area contributed by atoms with E-state index in [1.165, 1.54) is 6.92 Å². The maximum atomic E-state index is 12.0. The van der Waals surface area contributed by atoms with Crippen molar-refractivity contribution in [3.05, 3.63) is 22.7 Å². The largest absolute Gasteiger partial charge is 0.364 e. The van der Waals surface area contributed by atoms with Crippen molar-refractivity contribution in [2.45, 2.75) is 27.3 Å². The summed E-state index contributed by atoms with van der Waals surface area (Å²) < 4.78 is 1.64. The first-order valence-corrected chi connectivity index (χ1v) is 6.04. The monoisotopic (exact) mass is 252 g/mol. The molecular weight excluding hydrogens is 232 g/mol.